The van der Waals surface area contributed by atoms with E-state index >= 15 is 0 Å². The van der Waals surface area contributed by atoms with Crippen LogP contribution in [0.5, 0.6) is 0 Å². The Morgan fingerprint density at radius 3 is 2.41 bits per heavy atom. The third-order valence-corrected chi connectivity index (χ3v) is 3.31. The monoisotopic (exact) mass is 372 g/mol. The predicted octanol–water partition coefficient (Wildman–Crippen LogP) is 1.60. The fourth-order valence-electron chi connectivity index (χ4n) is 2.09. The molecule has 2 aromatic rings. The van der Waals surface area contributed by atoms with Crippen molar-refractivity contribution in [1.82, 2.24) is 4.57 Å². The van der Waals surface area contributed by atoms with Crippen LogP contribution in [0, 0.1) is 0 Å². The molecule has 0 bridgehead atoms. The van der Waals surface area contributed by atoms with Gasteiger partial charge in [0, 0.05) is 18.0 Å². The van der Waals surface area contributed by atoms with Crippen molar-refractivity contribution in [2.75, 3.05) is 11.9 Å². The smallest absolute Gasteiger partial charge is 0.338 e. The molecule has 0 radical (unpaired) electrons. The zero-order chi connectivity index (χ0) is 19.8. The molecule has 8 heteroatoms. The third kappa shape index (κ3) is 6.43. The lowest BCUT2D eigenvalue weighted by atomic mass is 10.2. The molecule has 27 heavy (non-hydrogen) atoms. The van der Waals surface area contributed by atoms with E-state index in [0.717, 1.165) is 0 Å². The number of nitrogens with zero attached hydrogens (tertiary/aromatic N) is 1. The first kappa shape index (κ1) is 19.9. The minimum Gasteiger partial charge on any atom is -0.459 e. The van der Waals surface area contributed by atoms with E-state index in [1.807, 2.05) is 0 Å². The fourth-order valence-corrected chi connectivity index (χ4v) is 2.09. The van der Waals surface area contributed by atoms with Gasteiger partial charge in [-0.25, -0.2) is 4.79 Å². The number of ether oxygens (including phenoxy) is 2. The molecule has 1 aromatic heterocycles. The molecular weight excluding hydrogens is 352 g/mol. The molecule has 1 aromatic carbocycles. The van der Waals surface area contributed by atoms with Crippen LogP contribution in [0.1, 0.15) is 24.2 Å². The van der Waals surface area contributed by atoms with E-state index in [0.29, 0.717) is 11.3 Å². The van der Waals surface area contributed by atoms with Crippen LogP contribution < -0.4 is 10.9 Å². The maximum atomic E-state index is 11.9. The van der Waals surface area contributed by atoms with E-state index < -0.39 is 24.5 Å². The number of aromatic nitrogens is 1. The first-order valence-electron chi connectivity index (χ1n) is 8.27. The van der Waals surface area contributed by atoms with Crippen molar-refractivity contribution in [2.45, 2.75) is 26.5 Å². The molecule has 0 saturated carbocycles. The highest BCUT2D eigenvalue weighted by Gasteiger charge is 2.11. The Hall–Kier alpha value is -3.42. The van der Waals surface area contributed by atoms with Crippen molar-refractivity contribution in [1.29, 1.82) is 0 Å². The summed E-state index contributed by atoms with van der Waals surface area (Å²) in [6, 6.07) is 10.6. The molecule has 0 saturated heterocycles. The molecule has 1 N–H and O–H groups in total. The van der Waals surface area contributed by atoms with E-state index in [-0.39, 0.29) is 18.2 Å². The molecule has 8 nitrogen and oxygen atoms in total. The zero-order valence-corrected chi connectivity index (χ0v) is 15.0. The van der Waals surface area contributed by atoms with Gasteiger partial charge in [0.05, 0.1) is 11.7 Å². The number of carbonyl (C=O) groups is 3. The number of pyridine rings is 1. The van der Waals surface area contributed by atoms with Gasteiger partial charge in [-0.3, -0.25) is 14.4 Å². The highest BCUT2D eigenvalue weighted by atomic mass is 16.5. The van der Waals surface area contributed by atoms with Crippen LogP contribution in [0.4, 0.5) is 5.69 Å². The molecule has 0 aliphatic rings. The van der Waals surface area contributed by atoms with Gasteiger partial charge in [0.15, 0.2) is 6.61 Å². The van der Waals surface area contributed by atoms with E-state index in [9.17, 15) is 19.2 Å². The molecule has 0 aliphatic heterocycles. The summed E-state index contributed by atoms with van der Waals surface area (Å²) in [7, 11) is 0. The molecule has 0 spiro atoms. The first-order chi connectivity index (χ1) is 12.8. The number of nitrogens with one attached hydrogen (secondary N) is 1. The molecule has 1 amide bonds. The van der Waals surface area contributed by atoms with Gasteiger partial charge >= 0.3 is 11.9 Å². The highest BCUT2D eigenvalue weighted by Crippen LogP contribution is 2.11. The summed E-state index contributed by atoms with van der Waals surface area (Å²) < 4.78 is 11.1. The Morgan fingerprint density at radius 2 is 1.78 bits per heavy atom. The Morgan fingerprint density at radius 1 is 1.07 bits per heavy atom. The largest absolute Gasteiger partial charge is 0.459 e. The Bertz CT molecular complexity index is 870. The maximum Gasteiger partial charge on any atom is 0.338 e. The SMILES string of the molecule is CC(C)OC(=O)c1ccc(NC(=O)COC(=O)Cn2ccccc2=O)cc1. The molecule has 0 unspecified atom stereocenters. The van der Waals surface area contributed by atoms with Crippen LogP contribution in [0.3, 0.4) is 0 Å². The number of esters is 2. The van der Waals surface area contributed by atoms with E-state index in [4.69, 9.17) is 9.47 Å². The van der Waals surface area contributed by atoms with Gasteiger partial charge in [0.1, 0.15) is 6.54 Å². The van der Waals surface area contributed by atoms with Gasteiger partial charge in [-0.2, -0.15) is 0 Å². The van der Waals surface area contributed by atoms with E-state index in [1.54, 1.807) is 38.1 Å². The van der Waals surface area contributed by atoms with Gasteiger partial charge in [0.25, 0.3) is 11.5 Å². The summed E-state index contributed by atoms with van der Waals surface area (Å²) in [6.45, 7) is 2.74. The van der Waals surface area contributed by atoms with E-state index in [2.05, 4.69) is 5.32 Å². The third-order valence-electron chi connectivity index (χ3n) is 3.31. The summed E-state index contributed by atoms with van der Waals surface area (Å²) in [4.78, 5) is 46.8. The normalized spacial score (nSPS) is 10.3. The second kappa shape index (κ2) is 9.33. The zero-order valence-electron chi connectivity index (χ0n) is 15.0. The number of anilines is 1. The van der Waals surface area contributed by atoms with Gasteiger partial charge in [-0.1, -0.05) is 6.07 Å². The van der Waals surface area contributed by atoms with Gasteiger partial charge in [-0.15, -0.1) is 0 Å². The minimum absolute atomic E-state index is 0.224. The van der Waals surface area contributed by atoms with Gasteiger partial charge in [0.2, 0.25) is 0 Å². The average molecular weight is 372 g/mol. The first-order valence-corrected chi connectivity index (χ1v) is 8.27. The number of rotatable bonds is 7. The number of carbonyl (C=O) groups excluding carboxylic acids is 3. The summed E-state index contributed by atoms with van der Waals surface area (Å²) in [5.74, 6) is -1.69. The number of hydrogen-bond acceptors (Lipinski definition) is 6. The lowest BCUT2D eigenvalue weighted by molar-refractivity contribution is -0.147. The van der Waals surface area contributed by atoms with Gasteiger partial charge in [-0.05, 0) is 44.2 Å². The molecule has 0 aliphatic carbocycles. The topological polar surface area (TPSA) is 104 Å². The van der Waals surface area contributed by atoms with Crippen molar-refractivity contribution in [3.8, 4) is 0 Å². The van der Waals surface area contributed by atoms with Crippen LogP contribution in [-0.4, -0.2) is 35.1 Å². The summed E-state index contributed by atoms with van der Waals surface area (Å²) in [6.07, 6.45) is 1.23. The Balaban J connectivity index is 1.81. The average Bonchev–Trinajstić information content (AvgIpc) is 2.62. The molecule has 142 valence electrons. The Kier molecular flexibility index (Phi) is 6.87. The number of benzene rings is 1. The Labute approximate surface area is 155 Å². The van der Waals surface area contributed by atoms with Crippen molar-refractivity contribution >= 4 is 23.5 Å². The van der Waals surface area contributed by atoms with Crippen LogP contribution >= 0.6 is 0 Å². The minimum atomic E-state index is -0.703. The summed E-state index contributed by atoms with van der Waals surface area (Å²) in [5, 5.41) is 2.54. The maximum absolute atomic E-state index is 11.9. The van der Waals surface area contributed by atoms with Crippen LogP contribution in [0.25, 0.3) is 0 Å². The van der Waals surface area contributed by atoms with Crippen molar-refractivity contribution in [2.24, 2.45) is 0 Å². The quantitative estimate of drug-likeness (QED) is 0.741. The number of hydrogen-bond donors (Lipinski definition) is 1. The van der Waals surface area contributed by atoms with Crippen molar-refractivity contribution in [3.05, 3.63) is 64.6 Å². The highest BCUT2D eigenvalue weighted by molar-refractivity contribution is 5.94. The standard InChI is InChI=1S/C19H20N2O6/c1-13(2)27-19(25)14-6-8-15(9-7-14)20-16(22)12-26-18(24)11-21-10-4-3-5-17(21)23/h3-10,13H,11-12H2,1-2H3,(H,20,22). The second-order valence-electron chi connectivity index (χ2n) is 5.91. The van der Waals surface area contributed by atoms with Crippen LogP contribution in [0.15, 0.2) is 53.5 Å². The van der Waals surface area contributed by atoms with Crippen LogP contribution in [-0.2, 0) is 25.6 Å². The lowest BCUT2D eigenvalue weighted by Crippen LogP contribution is -2.26. The predicted molar refractivity (Wildman–Crippen MR) is 97.3 cm³/mol. The summed E-state index contributed by atoms with van der Waals surface area (Å²) >= 11 is 0. The van der Waals surface area contributed by atoms with E-state index in [1.165, 1.54) is 29.0 Å². The molecular formula is C19H20N2O6. The fraction of sp³-hybridized carbons (Fsp3) is 0.263. The molecule has 1 heterocycles. The van der Waals surface area contributed by atoms with Crippen LogP contribution in [0.2, 0.25) is 0 Å². The van der Waals surface area contributed by atoms with Gasteiger partial charge < -0.3 is 19.4 Å². The second-order valence-corrected chi connectivity index (χ2v) is 5.91. The molecule has 0 atom stereocenters. The molecule has 2 rings (SSSR count). The van der Waals surface area contributed by atoms with Crippen molar-refractivity contribution in [3.63, 3.8) is 0 Å². The number of amides is 1. The lowest BCUT2D eigenvalue weighted by Gasteiger charge is -2.09. The molecule has 0 fully saturated rings. The van der Waals surface area contributed by atoms with Crippen molar-refractivity contribution < 1.29 is 23.9 Å². The summed E-state index contributed by atoms with van der Waals surface area (Å²) in [5.41, 5.74) is 0.466.